The number of hydrogen-bond acceptors (Lipinski definition) is 5. The highest BCUT2D eigenvalue weighted by molar-refractivity contribution is 5.92. The number of pyridine rings is 1. The van der Waals surface area contributed by atoms with E-state index in [1.54, 1.807) is 12.1 Å². The van der Waals surface area contributed by atoms with Gasteiger partial charge in [0.05, 0.1) is 17.3 Å². The number of aromatic nitrogens is 3. The molecular formula is C21H20F2N6O. The average Bonchev–Trinajstić information content (AvgIpc) is 2.69. The smallest absolute Gasteiger partial charge is 0.323 e. The summed E-state index contributed by atoms with van der Waals surface area (Å²) in [6, 6.07) is 12.1. The summed E-state index contributed by atoms with van der Waals surface area (Å²) in [7, 11) is 0. The molecular weight excluding hydrogens is 390 g/mol. The van der Waals surface area contributed by atoms with Gasteiger partial charge in [0.15, 0.2) is 11.6 Å². The highest BCUT2D eigenvalue weighted by atomic mass is 19.3. The Morgan fingerprint density at radius 1 is 1.13 bits per heavy atom. The zero-order valence-corrected chi connectivity index (χ0v) is 16.2. The molecule has 1 saturated heterocycles. The number of nitrogens with two attached hydrogens (primary N) is 1. The van der Waals surface area contributed by atoms with Gasteiger partial charge in [0.2, 0.25) is 0 Å². The topological polar surface area (TPSA) is 97.0 Å². The number of carbonyl (C=O) groups excluding carboxylic acids is 1. The third-order valence-electron chi connectivity index (χ3n) is 5.12. The molecule has 1 aliphatic heterocycles. The quantitative estimate of drug-likeness (QED) is 0.684. The fourth-order valence-corrected chi connectivity index (χ4v) is 3.29. The van der Waals surface area contributed by atoms with Crippen molar-refractivity contribution < 1.29 is 13.6 Å². The van der Waals surface area contributed by atoms with Crippen molar-refractivity contribution in [3.05, 3.63) is 66.2 Å². The Hall–Kier alpha value is -3.62. The van der Waals surface area contributed by atoms with Crippen LogP contribution >= 0.6 is 0 Å². The fraction of sp³-hybridized carbons (Fsp3) is 0.238. The van der Waals surface area contributed by atoms with Crippen LogP contribution in [0.1, 0.15) is 11.4 Å². The predicted octanol–water partition coefficient (Wildman–Crippen LogP) is 3.68. The second-order valence-corrected chi connectivity index (χ2v) is 7.18. The monoisotopic (exact) mass is 410 g/mol. The first kappa shape index (κ1) is 19.7. The fourth-order valence-electron chi connectivity index (χ4n) is 3.29. The summed E-state index contributed by atoms with van der Waals surface area (Å²) in [6.07, 6.45) is 2.55. The molecule has 0 radical (unpaired) electrons. The van der Waals surface area contributed by atoms with Gasteiger partial charge in [-0.25, -0.2) is 19.7 Å². The highest BCUT2D eigenvalue weighted by Crippen LogP contribution is 2.39. The molecule has 3 N–H and O–H groups in total. The number of hydrogen-bond donors (Lipinski definition) is 2. The molecule has 0 saturated carbocycles. The Labute approximate surface area is 172 Å². The lowest BCUT2D eigenvalue weighted by atomic mass is 9.92. The van der Waals surface area contributed by atoms with Gasteiger partial charge in [0, 0.05) is 31.0 Å². The summed E-state index contributed by atoms with van der Waals surface area (Å²) in [5.41, 5.74) is 8.85. The number of halogens is 2. The lowest BCUT2D eigenvalue weighted by Gasteiger charge is -2.42. The summed E-state index contributed by atoms with van der Waals surface area (Å²) in [4.78, 5) is 25.5. The van der Waals surface area contributed by atoms with E-state index in [4.69, 9.17) is 5.73 Å². The summed E-state index contributed by atoms with van der Waals surface area (Å²) >= 11 is 0. The average molecular weight is 410 g/mol. The first-order valence-corrected chi connectivity index (χ1v) is 9.40. The van der Waals surface area contributed by atoms with Gasteiger partial charge in [-0.15, -0.1) is 0 Å². The number of benzene rings is 1. The van der Waals surface area contributed by atoms with Crippen LogP contribution in [-0.4, -0.2) is 39.0 Å². The van der Waals surface area contributed by atoms with Crippen molar-refractivity contribution in [1.82, 2.24) is 19.9 Å². The third kappa shape index (κ3) is 3.66. The largest absolute Gasteiger partial charge is 0.396 e. The molecule has 3 heterocycles. The number of urea groups is 1. The van der Waals surface area contributed by atoms with Crippen LogP contribution in [0.4, 0.5) is 25.1 Å². The van der Waals surface area contributed by atoms with E-state index in [0.717, 1.165) is 11.1 Å². The summed E-state index contributed by atoms with van der Waals surface area (Å²) < 4.78 is 29.0. The van der Waals surface area contributed by atoms with Gasteiger partial charge in [-0.05, 0) is 30.7 Å². The van der Waals surface area contributed by atoms with E-state index < -0.39 is 23.7 Å². The van der Waals surface area contributed by atoms with Crippen LogP contribution in [0, 0.1) is 12.8 Å². The molecule has 4 rings (SSSR count). The lowest BCUT2D eigenvalue weighted by molar-refractivity contribution is -0.117. The molecule has 0 aliphatic carbocycles. The van der Waals surface area contributed by atoms with Crippen LogP contribution in [0.25, 0.3) is 11.3 Å². The molecule has 0 bridgehead atoms. The highest BCUT2D eigenvalue weighted by Gasteiger charge is 2.51. The van der Waals surface area contributed by atoms with Gasteiger partial charge in [-0.2, -0.15) is 8.78 Å². The first-order chi connectivity index (χ1) is 14.4. The first-order valence-electron chi connectivity index (χ1n) is 9.40. The summed E-state index contributed by atoms with van der Waals surface area (Å²) in [5.74, 6) is -4.59. The van der Waals surface area contributed by atoms with E-state index in [1.807, 2.05) is 31.2 Å². The van der Waals surface area contributed by atoms with E-state index in [0.29, 0.717) is 11.4 Å². The number of amides is 2. The number of anilines is 2. The number of rotatable bonds is 4. The Balaban J connectivity index is 1.44. The zero-order chi connectivity index (χ0) is 21.3. The normalized spacial score (nSPS) is 14.3. The maximum absolute atomic E-state index is 14.5. The van der Waals surface area contributed by atoms with Crippen LogP contribution < -0.4 is 11.1 Å². The minimum Gasteiger partial charge on any atom is -0.396 e. The molecule has 9 heteroatoms. The number of likely N-dealkylation sites (tertiary alicyclic amines) is 1. The van der Waals surface area contributed by atoms with Crippen molar-refractivity contribution in [2.24, 2.45) is 5.92 Å². The maximum atomic E-state index is 14.5. The van der Waals surface area contributed by atoms with Gasteiger partial charge in [0.1, 0.15) is 0 Å². The second-order valence-electron chi connectivity index (χ2n) is 7.18. The van der Waals surface area contributed by atoms with E-state index in [-0.39, 0.29) is 18.9 Å². The second kappa shape index (κ2) is 7.66. The van der Waals surface area contributed by atoms with E-state index in [2.05, 4.69) is 20.3 Å². The summed E-state index contributed by atoms with van der Waals surface area (Å²) in [5, 5.41) is 2.63. The van der Waals surface area contributed by atoms with E-state index in [1.165, 1.54) is 23.4 Å². The van der Waals surface area contributed by atoms with E-state index >= 15 is 0 Å². The molecule has 1 aromatic carbocycles. The molecule has 7 nitrogen and oxygen atoms in total. The Bertz CT molecular complexity index is 1070. The Morgan fingerprint density at radius 3 is 2.53 bits per heavy atom. The molecule has 1 aliphatic rings. The molecule has 0 unspecified atom stereocenters. The molecule has 2 amide bonds. The molecule has 154 valence electrons. The van der Waals surface area contributed by atoms with Crippen LogP contribution in [-0.2, 0) is 5.92 Å². The Morgan fingerprint density at radius 2 is 1.83 bits per heavy atom. The van der Waals surface area contributed by atoms with Crippen LogP contribution in [0.5, 0.6) is 0 Å². The number of nitrogens with zero attached hydrogens (tertiary/aromatic N) is 4. The van der Waals surface area contributed by atoms with Gasteiger partial charge in [0.25, 0.3) is 0 Å². The van der Waals surface area contributed by atoms with Crippen molar-refractivity contribution in [2.45, 2.75) is 12.8 Å². The molecule has 0 spiro atoms. The van der Waals surface area contributed by atoms with Crippen LogP contribution in [0.15, 0.2) is 54.9 Å². The lowest BCUT2D eigenvalue weighted by Crippen LogP contribution is -2.57. The number of carbonyl (C=O) groups is 1. The van der Waals surface area contributed by atoms with Crippen LogP contribution in [0.3, 0.4) is 0 Å². The number of nitrogens with one attached hydrogen (secondary N) is 1. The maximum Gasteiger partial charge on any atom is 0.323 e. The molecule has 3 aromatic rings. The minimum atomic E-state index is -3.21. The van der Waals surface area contributed by atoms with Gasteiger partial charge in [-0.1, -0.05) is 24.3 Å². The van der Waals surface area contributed by atoms with Crippen molar-refractivity contribution >= 4 is 17.5 Å². The minimum absolute atomic E-state index is 0.117. The molecule has 30 heavy (non-hydrogen) atoms. The summed E-state index contributed by atoms with van der Waals surface area (Å²) in [6.45, 7) is 1.73. The molecule has 2 aromatic heterocycles. The van der Waals surface area contributed by atoms with Crippen molar-refractivity contribution in [1.29, 1.82) is 0 Å². The zero-order valence-electron chi connectivity index (χ0n) is 16.2. The number of nitrogen functional groups attached to an aromatic ring is 1. The van der Waals surface area contributed by atoms with Gasteiger partial charge < -0.3 is 10.6 Å². The number of aryl methyl sites for hydroxylation is 1. The van der Waals surface area contributed by atoms with Crippen molar-refractivity contribution in [2.75, 3.05) is 24.1 Å². The van der Waals surface area contributed by atoms with Gasteiger partial charge >= 0.3 is 12.0 Å². The van der Waals surface area contributed by atoms with E-state index in [9.17, 15) is 13.6 Å². The predicted molar refractivity (Wildman–Crippen MR) is 109 cm³/mol. The third-order valence-corrected chi connectivity index (χ3v) is 5.12. The van der Waals surface area contributed by atoms with Crippen molar-refractivity contribution in [3.8, 4) is 11.3 Å². The van der Waals surface area contributed by atoms with Crippen LogP contribution in [0.2, 0.25) is 0 Å². The standard InChI is InChI=1S/C21H20F2N6O/c1-13-5-2-3-6-15(13)17-8-7-16(24)18(27-17)28-20(30)29-11-14(12-29)21(22,23)19-25-9-4-10-26-19/h2-10,14H,11-12,24H2,1H3,(H,27,28,30). The van der Waals surface area contributed by atoms with Gasteiger partial charge in [-0.3, -0.25) is 5.32 Å². The molecule has 0 atom stereocenters. The SMILES string of the molecule is Cc1ccccc1-c1ccc(N)c(NC(=O)N2CC(C(F)(F)c3ncccn3)C2)n1. The van der Waals surface area contributed by atoms with Crippen molar-refractivity contribution in [3.63, 3.8) is 0 Å². The Kier molecular flexibility index (Phi) is 5.03. The molecule has 1 fully saturated rings. The number of alkyl halides is 2.